The monoisotopic (exact) mass is 296 g/mol. The molecule has 1 aromatic carbocycles. The number of hydrogen-bond donors (Lipinski definition) is 1. The Hall–Kier alpha value is -2.69. The molecule has 0 heterocycles. The van der Waals surface area contributed by atoms with Gasteiger partial charge in [0.2, 0.25) is 0 Å². The van der Waals surface area contributed by atoms with Gasteiger partial charge in [-0.2, -0.15) is 29.0 Å². The summed E-state index contributed by atoms with van der Waals surface area (Å²) < 4.78 is 37.5. The standard InChI is InChI=1S/C12H4ClF3N4/c13-10-3-8(1-2-9(10)12(14,15)16)20-11(6-19)7(4-17)5-18/h1-3,20H. The smallest absolute Gasteiger partial charge is 0.345 e. The van der Waals surface area contributed by atoms with Crippen LogP contribution in [0.5, 0.6) is 0 Å². The molecule has 100 valence electrons. The first-order valence-electron chi connectivity index (χ1n) is 4.91. The van der Waals surface area contributed by atoms with Crippen LogP contribution in [0.2, 0.25) is 5.02 Å². The molecule has 0 saturated heterocycles. The van der Waals surface area contributed by atoms with Crippen LogP contribution in [-0.4, -0.2) is 0 Å². The van der Waals surface area contributed by atoms with Crippen LogP contribution in [-0.2, 0) is 6.18 Å². The van der Waals surface area contributed by atoms with Crippen LogP contribution in [0.25, 0.3) is 0 Å². The second-order valence-electron chi connectivity index (χ2n) is 3.40. The number of anilines is 1. The van der Waals surface area contributed by atoms with Crippen molar-refractivity contribution in [2.75, 3.05) is 5.32 Å². The molecule has 20 heavy (non-hydrogen) atoms. The Kier molecular flexibility index (Phi) is 4.59. The van der Waals surface area contributed by atoms with E-state index in [4.69, 9.17) is 27.4 Å². The molecule has 4 nitrogen and oxygen atoms in total. The second-order valence-corrected chi connectivity index (χ2v) is 3.81. The number of benzene rings is 1. The lowest BCUT2D eigenvalue weighted by atomic mass is 10.2. The van der Waals surface area contributed by atoms with E-state index in [1.165, 1.54) is 12.1 Å². The van der Waals surface area contributed by atoms with Crippen LogP contribution in [0, 0.1) is 34.0 Å². The van der Waals surface area contributed by atoms with Gasteiger partial charge in [0.25, 0.3) is 0 Å². The number of nitrogens with zero attached hydrogens (tertiary/aromatic N) is 3. The number of allylic oxidation sites excluding steroid dienone is 2. The minimum atomic E-state index is -4.59. The van der Waals surface area contributed by atoms with Crippen molar-refractivity contribution in [3.05, 3.63) is 40.1 Å². The Morgan fingerprint density at radius 3 is 2.10 bits per heavy atom. The van der Waals surface area contributed by atoms with E-state index in [2.05, 4.69) is 5.32 Å². The van der Waals surface area contributed by atoms with Crippen molar-refractivity contribution >= 4 is 17.3 Å². The van der Waals surface area contributed by atoms with Gasteiger partial charge in [0.1, 0.15) is 23.9 Å². The predicted molar refractivity (Wildman–Crippen MR) is 63.9 cm³/mol. The number of hydrogen-bond acceptors (Lipinski definition) is 4. The molecule has 0 unspecified atom stereocenters. The minimum Gasteiger partial charge on any atom is -0.345 e. The zero-order valence-corrected chi connectivity index (χ0v) is 10.3. The molecule has 0 aliphatic heterocycles. The number of nitrogens with one attached hydrogen (secondary N) is 1. The van der Waals surface area contributed by atoms with E-state index in [0.29, 0.717) is 0 Å². The van der Waals surface area contributed by atoms with Crippen LogP contribution in [0.3, 0.4) is 0 Å². The van der Waals surface area contributed by atoms with Gasteiger partial charge < -0.3 is 5.32 Å². The minimum absolute atomic E-state index is 0.0579. The van der Waals surface area contributed by atoms with Crippen molar-refractivity contribution in [2.24, 2.45) is 0 Å². The number of alkyl halides is 3. The fourth-order valence-corrected chi connectivity index (χ4v) is 1.54. The number of halogens is 4. The molecule has 0 saturated carbocycles. The molecule has 1 aromatic rings. The molecule has 0 aliphatic carbocycles. The number of nitriles is 3. The third kappa shape index (κ3) is 3.41. The topological polar surface area (TPSA) is 83.4 Å². The predicted octanol–water partition coefficient (Wildman–Crippen LogP) is 3.60. The third-order valence-electron chi connectivity index (χ3n) is 2.13. The molecule has 0 bridgehead atoms. The molecule has 0 aliphatic rings. The summed E-state index contributed by atoms with van der Waals surface area (Å²) in [4.78, 5) is 0. The van der Waals surface area contributed by atoms with Crippen molar-refractivity contribution in [3.63, 3.8) is 0 Å². The van der Waals surface area contributed by atoms with E-state index >= 15 is 0 Å². The fraction of sp³-hybridized carbons (Fsp3) is 0.0833. The average molecular weight is 297 g/mol. The van der Waals surface area contributed by atoms with Crippen molar-refractivity contribution < 1.29 is 13.2 Å². The van der Waals surface area contributed by atoms with Gasteiger partial charge >= 0.3 is 6.18 Å². The molecule has 0 fully saturated rings. The van der Waals surface area contributed by atoms with Gasteiger partial charge in [-0.15, -0.1) is 0 Å². The first kappa shape index (κ1) is 15.4. The average Bonchev–Trinajstić information content (AvgIpc) is 2.37. The summed E-state index contributed by atoms with van der Waals surface area (Å²) in [5.74, 6) is 0. The van der Waals surface area contributed by atoms with Gasteiger partial charge in [0.05, 0.1) is 10.6 Å². The molecule has 0 radical (unpaired) electrons. The summed E-state index contributed by atoms with van der Waals surface area (Å²) in [6.07, 6.45) is -4.59. The summed E-state index contributed by atoms with van der Waals surface area (Å²) in [6.45, 7) is 0. The lowest BCUT2D eigenvalue weighted by Gasteiger charge is -2.11. The molecular formula is C12H4ClF3N4. The molecule has 8 heteroatoms. The summed E-state index contributed by atoms with van der Waals surface area (Å²) in [7, 11) is 0. The maximum Gasteiger partial charge on any atom is 0.417 e. The normalized spacial score (nSPS) is 9.85. The maximum atomic E-state index is 12.5. The lowest BCUT2D eigenvalue weighted by molar-refractivity contribution is -0.137. The van der Waals surface area contributed by atoms with E-state index in [1.54, 1.807) is 6.07 Å². The van der Waals surface area contributed by atoms with Gasteiger partial charge in [-0.1, -0.05) is 11.6 Å². The van der Waals surface area contributed by atoms with Crippen LogP contribution in [0.15, 0.2) is 29.5 Å². The Morgan fingerprint density at radius 2 is 1.70 bits per heavy atom. The quantitative estimate of drug-likeness (QED) is 0.845. The highest BCUT2D eigenvalue weighted by molar-refractivity contribution is 6.31. The van der Waals surface area contributed by atoms with Gasteiger partial charge in [-0.3, -0.25) is 0 Å². The van der Waals surface area contributed by atoms with E-state index < -0.39 is 22.3 Å². The van der Waals surface area contributed by atoms with Gasteiger partial charge in [0.15, 0.2) is 5.57 Å². The molecular weight excluding hydrogens is 293 g/mol. The van der Waals surface area contributed by atoms with E-state index in [1.807, 2.05) is 0 Å². The zero-order valence-electron chi connectivity index (χ0n) is 9.59. The zero-order chi connectivity index (χ0) is 15.3. The molecule has 0 aromatic heterocycles. The molecule has 0 spiro atoms. The Bertz CT molecular complexity index is 671. The van der Waals surface area contributed by atoms with E-state index in [-0.39, 0.29) is 11.4 Å². The lowest BCUT2D eigenvalue weighted by Crippen LogP contribution is -2.07. The molecule has 0 atom stereocenters. The van der Waals surface area contributed by atoms with Gasteiger partial charge in [-0.25, -0.2) is 0 Å². The Morgan fingerprint density at radius 1 is 1.10 bits per heavy atom. The van der Waals surface area contributed by atoms with E-state index in [9.17, 15) is 13.2 Å². The second kappa shape index (κ2) is 5.97. The fourth-order valence-electron chi connectivity index (χ4n) is 1.25. The van der Waals surface area contributed by atoms with Crippen molar-refractivity contribution in [3.8, 4) is 18.2 Å². The van der Waals surface area contributed by atoms with Crippen LogP contribution in [0.4, 0.5) is 18.9 Å². The van der Waals surface area contributed by atoms with Crippen molar-refractivity contribution in [1.29, 1.82) is 15.8 Å². The molecule has 0 amide bonds. The third-order valence-corrected chi connectivity index (χ3v) is 2.44. The van der Waals surface area contributed by atoms with Crippen molar-refractivity contribution in [1.82, 2.24) is 0 Å². The van der Waals surface area contributed by atoms with Crippen LogP contribution >= 0.6 is 11.6 Å². The molecule has 1 N–H and O–H groups in total. The largest absolute Gasteiger partial charge is 0.417 e. The van der Waals surface area contributed by atoms with Gasteiger partial charge in [-0.05, 0) is 18.2 Å². The Labute approximate surface area is 116 Å². The highest BCUT2D eigenvalue weighted by Crippen LogP contribution is 2.36. The summed E-state index contributed by atoms with van der Waals surface area (Å²) in [6, 6.07) is 7.29. The Balaban J connectivity index is 3.18. The highest BCUT2D eigenvalue weighted by Gasteiger charge is 2.33. The number of rotatable bonds is 2. The summed E-state index contributed by atoms with van der Waals surface area (Å²) in [5.41, 5.74) is -1.81. The van der Waals surface area contributed by atoms with Gasteiger partial charge in [0, 0.05) is 5.69 Å². The van der Waals surface area contributed by atoms with E-state index in [0.717, 1.165) is 18.2 Å². The highest BCUT2D eigenvalue weighted by atomic mass is 35.5. The first-order chi connectivity index (χ1) is 9.33. The summed E-state index contributed by atoms with van der Waals surface area (Å²) in [5, 5.41) is 27.8. The SMILES string of the molecule is N#CC(C#N)=C(C#N)Nc1ccc(C(F)(F)F)c(Cl)c1. The summed E-state index contributed by atoms with van der Waals surface area (Å²) >= 11 is 5.50. The van der Waals surface area contributed by atoms with Crippen LogP contribution < -0.4 is 5.32 Å². The molecule has 1 rings (SSSR count). The first-order valence-corrected chi connectivity index (χ1v) is 5.29. The van der Waals surface area contributed by atoms with Crippen LogP contribution in [0.1, 0.15) is 5.56 Å². The maximum absolute atomic E-state index is 12.5. The van der Waals surface area contributed by atoms with Crippen molar-refractivity contribution in [2.45, 2.75) is 6.18 Å².